The first-order valence-electron chi connectivity index (χ1n) is 9.29. The number of pyridine rings is 1. The molecule has 0 bridgehead atoms. The van der Waals surface area contributed by atoms with Crippen LogP contribution in [0, 0.1) is 5.82 Å². The van der Waals surface area contributed by atoms with Gasteiger partial charge < -0.3 is 14.2 Å². The molecular formula is C21H21ClF3NO4. The highest BCUT2D eigenvalue weighted by atomic mass is 35.5. The number of nitrogens with zero attached hydrogens (tertiary/aromatic N) is 1. The summed E-state index contributed by atoms with van der Waals surface area (Å²) in [5.41, 5.74) is -0.738. The van der Waals surface area contributed by atoms with Crippen LogP contribution < -0.4 is 9.47 Å². The molecule has 1 aliphatic rings. The molecule has 1 fully saturated rings. The van der Waals surface area contributed by atoms with Crippen molar-refractivity contribution in [1.82, 2.24) is 4.98 Å². The molecule has 0 aliphatic heterocycles. The number of hydrogen-bond donors (Lipinski definition) is 0. The van der Waals surface area contributed by atoms with Gasteiger partial charge in [0.15, 0.2) is 5.75 Å². The lowest BCUT2D eigenvalue weighted by Crippen LogP contribution is -2.24. The van der Waals surface area contributed by atoms with Crippen LogP contribution in [0.5, 0.6) is 17.2 Å². The molecule has 30 heavy (non-hydrogen) atoms. The van der Waals surface area contributed by atoms with Gasteiger partial charge in [0.2, 0.25) is 0 Å². The number of ether oxygens (including phenoxy) is 3. The minimum absolute atomic E-state index is 0.0324. The molecule has 0 radical (unpaired) electrons. The van der Waals surface area contributed by atoms with Crippen LogP contribution in [-0.4, -0.2) is 22.7 Å². The summed E-state index contributed by atoms with van der Waals surface area (Å²) >= 11 is 6.13. The number of rotatable bonds is 6. The van der Waals surface area contributed by atoms with E-state index in [0.717, 1.165) is 25.0 Å². The van der Waals surface area contributed by atoms with E-state index in [-0.39, 0.29) is 33.8 Å². The fourth-order valence-electron chi connectivity index (χ4n) is 2.65. The second-order valence-corrected chi connectivity index (χ2v) is 8.51. The lowest BCUT2D eigenvalue weighted by molar-refractivity contribution is -0.159. The lowest BCUT2D eigenvalue weighted by atomic mass is 10.1. The molecule has 0 amide bonds. The number of aromatic nitrogens is 1. The maximum Gasteiger partial charge on any atom is 0.394 e. The Balaban J connectivity index is 1.86. The highest BCUT2D eigenvalue weighted by molar-refractivity contribution is 6.32. The maximum absolute atomic E-state index is 14.5. The van der Waals surface area contributed by atoms with Gasteiger partial charge in [0.1, 0.15) is 22.9 Å². The molecule has 2 aromatic rings. The largest absolute Gasteiger partial charge is 0.456 e. The van der Waals surface area contributed by atoms with Crippen LogP contribution in [0.3, 0.4) is 0 Å². The minimum Gasteiger partial charge on any atom is -0.456 e. The van der Waals surface area contributed by atoms with Crippen molar-refractivity contribution in [3.05, 3.63) is 46.5 Å². The molecule has 0 saturated heterocycles. The summed E-state index contributed by atoms with van der Waals surface area (Å²) in [5.74, 6) is -1.90. The average Bonchev–Trinajstić information content (AvgIpc) is 3.40. The monoisotopic (exact) mass is 443 g/mol. The van der Waals surface area contributed by atoms with Crippen LogP contribution in [0.4, 0.5) is 13.2 Å². The van der Waals surface area contributed by atoms with E-state index in [4.69, 9.17) is 25.8 Å². The Labute approximate surface area is 177 Å². The van der Waals surface area contributed by atoms with Gasteiger partial charge in [-0.2, -0.15) is 8.78 Å². The third-order valence-corrected chi connectivity index (χ3v) is 4.27. The summed E-state index contributed by atoms with van der Waals surface area (Å²) in [6, 6.07) is 3.27. The Morgan fingerprint density at radius 1 is 1.13 bits per heavy atom. The fourth-order valence-corrected chi connectivity index (χ4v) is 2.86. The molecule has 0 unspecified atom stereocenters. The third kappa shape index (κ3) is 5.78. The van der Waals surface area contributed by atoms with Gasteiger partial charge in [0.05, 0.1) is 22.5 Å². The van der Waals surface area contributed by atoms with E-state index in [1.165, 1.54) is 12.3 Å². The Hall–Kier alpha value is -2.48. The Kier molecular flexibility index (Phi) is 5.91. The first kappa shape index (κ1) is 22.2. The Bertz CT molecular complexity index is 966. The van der Waals surface area contributed by atoms with E-state index in [9.17, 15) is 18.0 Å². The van der Waals surface area contributed by atoms with Crippen LogP contribution in [0.15, 0.2) is 24.4 Å². The van der Waals surface area contributed by atoms with E-state index in [1.807, 2.05) is 0 Å². The molecule has 5 nitrogen and oxygen atoms in total. The standard InChI is InChI=1S/C21H21ClF3NO4/c1-20(2,3)30-19(27)13-8-14(22)16(9-15(13)23)28-12-7-17(29-21(4,24)25)18(26-10-12)11-5-6-11/h7-11H,5-6H2,1-4H3. The van der Waals surface area contributed by atoms with Gasteiger partial charge in [0.25, 0.3) is 0 Å². The predicted molar refractivity (Wildman–Crippen MR) is 104 cm³/mol. The fraction of sp³-hybridized carbons (Fsp3) is 0.429. The topological polar surface area (TPSA) is 57.7 Å². The normalized spacial score (nSPS) is 14.4. The van der Waals surface area contributed by atoms with E-state index in [1.54, 1.807) is 20.8 Å². The number of benzene rings is 1. The molecule has 9 heteroatoms. The summed E-state index contributed by atoms with van der Waals surface area (Å²) in [6.07, 6.45) is -0.406. The van der Waals surface area contributed by atoms with Crippen molar-refractivity contribution in [3.63, 3.8) is 0 Å². The molecule has 1 saturated carbocycles. The number of alkyl halides is 2. The maximum atomic E-state index is 14.5. The number of esters is 1. The first-order chi connectivity index (χ1) is 13.8. The summed E-state index contributed by atoms with van der Waals surface area (Å²) in [7, 11) is 0. The molecule has 1 aromatic heterocycles. The molecule has 3 rings (SSSR count). The summed E-state index contributed by atoms with van der Waals surface area (Å²) in [6.45, 7) is 5.58. The van der Waals surface area contributed by atoms with Crippen LogP contribution in [0.2, 0.25) is 5.02 Å². The van der Waals surface area contributed by atoms with Gasteiger partial charge in [-0.15, -0.1) is 0 Å². The van der Waals surface area contributed by atoms with Crippen molar-refractivity contribution in [1.29, 1.82) is 0 Å². The number of carbonyl (C=O) groups is 1. The smallest absolute Gasteiger partial charge is 0.394 e. The van der Waals surface area contributed by atoms with Crippen molar-refractivity contribution < 1.29 is 32.2 Å². The third-order valence-electron chi connectivity index (χ3n) is 3.98. The summed E-state index contributed by atoms with van der Waals surface area (Å²) in [5, 5.41) is -0.0631. The van der Waals surface area contributed by atoms with Crippen molar-refractivity contribution >= 4 is 17.6 Å². The minimum atomic E-state index is -3.40. The summed E-state index contributed by atoms with van der Waals surface area (Å²) < 4.78 is 56.6. The number of carbonyl (C=O) groups excluding carboxylic acids is 1. The quantitative estimate of drug-likeness (QED) is 0.477. The van der Waals surface area contributed by atoms with Crippen LogP contribution in [0.1, 0.15) is 62.5 Å². The average molecular weight is 444 g/mol. The van der Waals surface area contributed by atoms with E-state index in [2.05, 4.69) is 4.98 Å². The molecular weight excluding hydrogens is 423 g/mol. The molecule has 1 heterocycles. The highest BCUT2D eigenvalue weighted by Gasteiger charge is 2.33. The molecule has 0 spiro atoms. The van der Waals surface area contributed by atoms with E-state index < -0.39 is 23.5 Å². The zero-order valence-corrected chi connectivity index (χ0v) is 17.6. The van der Waals surface area contributed by atoms with Crippen LogP contribution in [-0.2, 0) is 4.74 Å². The second-order valence-electron chi connectivity index (χ2n) is 8.10. The summed E-state index contributed by atoms with van der Waals surface area (Å²) in [4.78, 5) is 16.3. The van der Waals surface area contributed by atoms with Crippen LogP contribution >= 0.6 is 11.6 Å². The molecule has 162 valence electrons. The predicted octanol–water partition coefficient (Wildman–Crippen LogP) is 6.49. The van der Waals surface area contributed by atoms with Crippen molar-refractivity contribution in [2.24, 2.45) is 0 Å². The highest BCUT2D eigenvalue weighted by Crippen LogP contribution is 2.45. The second kappa shape index (κ2) is 7.98. The van der Waals surface area contributed by atoms with Gasteiger partial charge in [-0.05, 0) is 39.7 Å². The van der Waals surface area contributed by atoms with Crippen molar-refractivity contribution in [2.45, 2.75) is 58.2 Å². The Morgan fingerprint density at radius 3 is 2.37 bits per heavy atom. The lowest BCUT2D eigenvalue weighted by Gasteiger charge is -2.20. The molecule has 0 N–H and O–H groups in total. The zero-order chi connectivity index (χ0) is 22.3. The molecule has 1 aliphatic carbocycles. The van der Waals surface area contributed by atoms with Gasteiger partial charge >= 0.3 is 12.1 Å². The van der Waals surface area contributed by atoms with Crippen molar-refractivity contribution in [2.75, 3.05) is 0 Å². The van der Waals surface area contributed by atoms with E-state index >= 15 is 0 Å². The zero-order valence-electron chi connectivity index (χ0n) is 16.9. The molecule has 1 aromatic carbocycles. The van der Waals surface area contributed by atoms with E-state index in [0.29, 0.717) is 12.6 Å². The van der Waals surface area contributed by atoms with Gasteiger partial charge in [0, 0.05) is 25.0 Å². The van der Waals surface area contributed by atoms with Crippen LogP contribution in [0.25, 0.3) is 0 Å². The Morgan fingerprint density at radius 2 is 1.80 bits per heavy atom. The first-order valence-corrected chi connectivity index (χ1v) is 9.67. The van der Waals surface area contributed by atoms with Gasteiger partial charge in [-0.25, -0.2) is 9.18 Å². The molecule has 0 atom stereocenters. The van der Waals surface area contributed by atoms with Crippen molar-refractivity contribution in [3.8, 4) is 17.2 Å². The number of hydrogen-bond acceptors (Lipinski definition) is 5. The van der Waals surface area contributed by atoms with Gasteiger partial charge in [-0.1, -0.05) is 11.6 Å². The van der Waals surface area contributed by atoms with Gasteiger partial charge in [-0.3, -0.25) is 4.98 Å². The number of halogens is 4. The SMILES string of the molecule is CC(C)(C)OC(=O)c1cc(Cl)c(Oc2cnc(C3CC3)c(OC(C)(F)F)c2)cc1F.